The first-order chi connectivity index (χ1) is 15.5. The lowest BCUT2D eigenvalue weighted by Gasteiger charge is -2.42. The van der Waals surface area contributed by atoms with E-state index in [1.807, 2.05) is 41.3 Å². The van der Waals surface area contributed by atoms with Crippen LogP contribution in [0, 0.1) is 0 Å². The fraction of sp³-hybridized carbons (Fsp3) is 0.423. The number of nitrogens with zero attached hydrogens (tertiary/aromatic N) is 4. The van der Waals surface area contributed by atoms with Crippen molar-refractivity contribution < 1.29 is 9.59 Å². The van der Waals surface area contributed by atoms with Crippen molar-refractivity contribution in [2.24, 2.45) is 0 Å². The van der Waals surface area contributed by atoms with E-state index in [0.717, 1.165) is 31.7 Å². The lowest BCUT2D eigenvalue weighted by atomic mass is 9.85. The van der Waals surface area contributed by atoms with E-state index < -0.39 is 5.54 Å². The summed E-state index contributed by atoms with van der Waals surface area (Å²) >= 11 is 0. The van der Waals surface area contributed by atoms with Crippen molar-refractivity contribution in [1.82, 2.24) is 19.7 Å². The molecule has 0 atom stereocenters. The molecule has 2 saturated heterocycles. The van der Waals surface area contributed by atoms with Gasteiger partial charge in [0.1, 0.15) is 5.54 Å². The Morgan fingerprint density at radius 1 is 1.06 bits per heavy atom. The third-order valence-electron chi connectivity index (χ3n) is 6.78. The molecule has 0 saturated carbocycles. The summed E-state index contributed by atoms with van der Waals surface area (Å²) in [6.45, 7) is 7.49. The lowest BCUT2D eigenvalue weighted by Crippen LogP contribution is -2.57. The number of piperidine rings is 1. The second-order valence-electron chi connectivity index (χ2n) is 8.82. The number of carbonyl (C=O) groups is 2. The van der Waals surface area contributed by atoms with E-state index in [1.165, 1.54) is 16.0 Å². The normalized spacial score (nSPS) is 19.2. The predicted octanol–water partition coefficient (Wildman–Crippen LogP) is 3.89. The molecule has 2 aliphatic heterocycles. The fourth-order valence-corrected chi connectivity index (χ4v) is 4.78. The SMILES string of the molecule is C/C=C(\C)CN1CCC2(CC1)C(=O)N(Cc1ccccn1)C(=O)N2CCc1ccccc1. The van der Waals surface area contributed by atoms with Gasteiger partial charge in [-0.1, -0.05) is 48.0 Å². The number of urea groups is 1. The van der Waals surface area contributed by atoms with Crippen LogP contribution in [0.3, 0.4) is 0 Å². The summed E-state index contributed by atoms with van der Waals surface area (Å²) in [6.07, 6.45) is 5.91. The Morgan fingerprint density at radius 3 is 2.44 bits per heavy atom. The molecule has 0 aliphatic carbocycles. The molecule has 32 heavy (non-hydrogen) atoms. The molecule has 3 amide bonds. The van der Waals surface area contributed by atoms with Gasteiger partial charge in [0, 0.05) is 32.4 Å². The molecule has 0 bridgehead atoms. The van der Waals surface area contributed by atoms with Gasteiger partial charge in [0.2, 0.25) is 0 Å². The van der Waals surface area contributed by atoms with Crippen molar-refractivity contribution in [3.63, 3.8) is 0 Å². The van der Waals surface area contributed by atoms with Crippen LogP contribution in [0.1, 0.15) is 37.9 Å². The van der Waals surface area contributed by atoms with Crippen LogP contribution in [0.15, 0.2) is 66.4 Å². The number of carbonyl (C=O) groups excluding carboxylic acids is 2. The van der Waals surface area contributed by atoms with E-state index in [2.05, 4.69) is 41.9 Å². The molecule has 2 fully saturated rings. The van der Waals surface area contributed by atoms with Gasteiger partial charge < -0.3 is 4.90 Å². The van der Waals surface area contributed by atoms with Crippen molar-refractivity contribution in [3.05, 3.63) is 77.6 Å². The highest BCUT2D eigenvalue weighted by atomic mass is 16.2. The number of pyridine rings is 1. The Labute approximate surface area is 190 Å². The standard InChI is InChI=1S/C26H32N4O2/c1-3-21(2)19-28-17-13-26(14-18-28)24(31)29(20-23-11-7-8-15-27-23)25(32)30(26)16-12-22-9-5-4-6-10-22/h3-11,15H,12-14,16-20H2,1-2H3/b21-3+. The minimum absolute atomic E-state index is 0.0661. The van der Waals surface area contributed by atoms with Crippen LogP contribution in [-0.4, -0.2) is 63.3 Å². The van der Waals surface area contributed by atoms with Gasteiger partial charge in [-0.2, -0.15) is 0 Å². The second kappa shape index (κ2) is 9.65. The van der Waals surface area contributed by atoms with Crippen LogP contribution in [0.5, 0.6) is 0 Å². The molecule has 0 radical (unpaired) electrons. The molecule has 6 heteroatoms. The number of imide groups is 1. The molecule has 2 aliphatic rings. The Kier molecular flexibility index (Phi) is 6.70. The number of hydrogen-bond acceptors (Lipinski definition) is 4. The summed E-state index contributed by atoms with van der Waals surface area (Å²) in [5.41, 5.74) is 2.48. The minimum atomic E-state index is -0.749. The van der Waals surface area contributed by atoms with E-state index in [1.54, 1.807) is 6.20 Å². The Balaban J connectivity index is 1.56. The lowest BCUT2D eigenvalue weighted by molar-refractivity contribution is -0.136. The molecule has 1 spiro atoms. The summed E-state index contributed by atoms with van der Waals surface area (Å²) in [7, 11) is 0. The number of amides is 3. The number of allylic oxidation sites excluding steroid dienone is 1. The van der Waals surface area contributed by atoms with Crippen molar-refractivity contribution in [3.8, 4) is 0 Å². The largest absolute Gasteiger partial charge is 0.328 e. The first-order valence-corrected chi connectivity index (χ1v) is 11.4. The number of rotatable bonds is 7. The first kappa shape index (κ1) is 22.2. The molecule has 0 N–H and O–H groups in total. The zero-order chi connectivity index (χ0) is 22.6. The second-order valence-corrected chi connectivity index (χ2v) is 8.82. The van der Waals surface area contributed by atoms with Crippen molar-refractivity contribution >= 4 is 11.9 Å². The zero-order valence-corrected chi connectivity index (χ0v) is 19.0. The van der Waals surface area contributed by atoms with Gasteiger partial charge in [0.05, 0.1) is 12.2 Å². The van der Waals surface area contributed by atoms with Gasteiger partial charge >= 0.3 is 6.03 Å². The summed E-state index contributed by atoms with van der Waals surface area (Å²) < 4.78 is 0. The molecule has 1 aromatic carbocycles. The van der Waals surface area contributed by atoms with E-state index in [0.29, 0.717) is 19.4 Å². The highest BCUT2D eigenvalue weighted by molar-refractivity contribution is 6.07. The molecule has 2 aromatic rings. The quantitative estimate of drug-likeness (QED) is 0.492. The topological polar surface area (TPSA) is 56.8 Å². The smallest absolute Gasteiger partial charge is 0.309 e. The van der Waals surface area contributed by atoms with Gasteiger partial charge in [0.15, 0.2) is 0 Å². The van der Waals surface area contributed by atoms with Crippen LogP contribution < -0.4 is 0 Å². The molecular weight excluding hydrogens is 400 g/mol. The van der Waals surface area contributed by atoms with E-state index >= 15 is 0 Å². The van der Waals surface area contributed by atoms with E-state index in [4.69, 9.17) is 0 Å². The fourth-order valence-electron chi connectivity index (χ4n) is 4.78. The van der Waals surface area contributed by atoms with Crippen LogP contribution in [0.4, 0.5) is 4.79 Å². The summed E-state index contributed by atoms with van der Waals surface area (Å²) in [5, 5.41) is 0. The van der Waals surface area contributed by atoms with Crippen molar-refractivity contribution in [1.29, 1.82) is 0 Å². The Morgan fingerprint density at radius 2 is 1.78 bits per heavy atom. The number of aromatic nitrogens is 1. The van der Waals surface area contributed by atoms with Gasteiger partial charge in [-0.15, -0.1) is 0 Å². The summed E-state index contributed by atoms with van der Waals surface area (Å²) in [6, 6.07) is 15.6. The van der Waals surface area contributed by atoms with Crippen LogP contribution in [0.2, 0.25) is 0 Å². The third kappa shape index (κ3) is 4.46. The van der Waals surface area contributed by atoms with Gasteiger partial charge in [-0.05, 0) is 50.8 Å². The maximum absolute atomic E-state index is 13.7. The van der Waals surface area contributed by atoms with Crippen molar-refractivity contribution in [2.75, 3.05) is 26.2 Å². The van der Waals surface area contributed by atoms with Crippen molar-refractivity contribution in [2.45, 2.75) is 45.2 Å². The van der Waals surface area contributed by atoms with Gasteiger partial charge in [-0.3, -0.25) is 19.6 Å². The van der Waals surface area contributed by atoms with Crippen LogP contribution in [-0.2, 0) is 17.8 Å². The molecule has 6 nitrogen and oxygen atoms in total. The van der Waals surface area contributed by atoms with Gasteiger partial charge in [-0.25, -0.2) is 4.79 Å². The summed E-state index contributed by atoms with van der Waals surface area (Å²) in [4.78, 5) is 37.2. The highest BCUT2D eigenvalue weighted by Crippen LogP contribution is 2.38. The first-order valence-electron chi connectivity index (χ1n) is 11.4. The molecule has 4 rings (SSSR count). The Bertz CT molecular complexity index is 966. The zero-order valence-electron chi connectivity index (χ0n) is 19.0. The predicted molar refractivity (Wildman–Crippen MR) is 125 cm³/mol. The Hall–Kier alpha value is -2.99. The van der Waals surface area contributed by atoms with Crippen LogP contribution >= 0.6 is 0 Å². The monoisotopic (exact) mass is 432 g/mol. The molecule has 168 valence electrons. The minimum Gasteiger partial charge on any atom is -0.309 e. The maximum Gasteiger partial charge on any atom is 0.328 e. The van der Waals surface area contributed by atoms with Crippen LogP contribution in [0.25, 0.3) is 0 Å². The number of likely N-dealkylation sites (tertiary alicyclic amines) is 1. The number of benzene rings is 1. The van der Waals surface area contributed by atoms with E-state index in [9.17, 15) is 9.59 Å². The van der Waals surface area contributed by atoms with E-state index in [-0.39, 0.29) is 18.5 Å². The molecule has 3 heterocycles. The summed E-state index contributed by atoms with van der Waals surface area (Å²) in [5.74, 6) is -0.0661. The average Bonchev–Trinajstić information content (AvgIpc) is 3.01. The third-order valence-corrected chi connectivity index (χ3v) is 6.78. The molecular formula is C26H32N4O2. The molecule has 1 aromatic heterocycles. The number of hydrogen-bond donors (Lipinski definition) is 0. The average molecular weight is 433 g/mol. The highest BCUT2D eigenvalue weighted by Gasteiger charge is 2.57. The molecule has 0 unspecified atom stereocenters. The maximum atomic E-state index is 13.7. The van der Waals surface area contributed by atoms with Gasteiger partial charge in [0.25, 0.3) is 5.91 Å².